The molecule has 5 amide bonds. The van der Waals surface area contributed by atoms with E-state index in [1.165, 1.54) is 4.90 Å². The largest absolute Gasteiger partial charge is 0.494 e. The lowest BCUT2D eigenvalue weighted by atomic mass is 9.92. The van der Waals surface area contributed by atoms with Crippen molar-refractivity contribution in [3.8, 4) is 22.9 Å². The predicted molar refractivity (Wildman–Crippen MR) is 179 cm³/mol. The smallest absolute Gasteiger partial charge is 0.434 e. The van der Waals surface area contributed by atoms with Crippen molar-refractivity contribution in [2.24, 2.45) is 11.7 Å². The predicted octanol–water partition coefficient (Wildman–Crippen LogP) is 6.20. The van der Waals surface area contributed by atoms with Crippen molar-refractivity contribution in [1.29, 1.82) is 0 Å². The molecule has 48 heavy (non-hydrogen) atoms. The van der Waals surface area contributed by atoms with E-state index in [1.807, 2.05) is 41.9 Å². The zero-order valence-corrected chi connectivity index (χ0v) is 27.1. The number of nitrogens with zero attached hydrogens (tertiary/aromatic N) is 4. The first-order valence-electron chi connectivity index (χ1n) is 15.6. The third kappa shape index (κ3) is 9.37. The van der Waals surface area contributed by atoms with E-state index in [2.05, 4.69) is 41.2 Å². The number of primary amides is 1. The average molecular weight is 657 g/mol. The van der Waals surface area contributed by atoms with Crippen molar-refractivity contribution < 1.29 is 28.7 Å². The normalized spacial score (nSPS) is 13.4. The minimum atomic E-state index is -0.921. The van der Waals surface area contributed by atoms with E-state index in [0.29, 0.717) is 54.4 Å². The molecule has 0 atom stereocenters. The average Bonchev–Trinajstić information content (AvgIpc) is 3.50. The molecule has 2 aromatic heterocycles. The number of carbonyl (C=O) groups is 3. The molecule has 4 aromatic rings. The zero-order valence-electron chi connectivity index (χ0n) is 27.1. The summed E-state index contributed by atoms with van der Waals surface area (Å²) in [5.74, 6) is 2.87. The van der Waals surface area contributed by atoms with Gasteiger partial charge in [0.15, 0.2) is 0 Å². The van der Waals surface area contributed by atoms with Crippen LogP contribution in [0, 0.1) is 5.92 Å². The summed E-state index contributed by atoms with van der Waals surface area (Å²) in [5.41, 5.74) is 8.71. The van der Waals surface area contributed by atoms with Crippen LogP contribution in [0.3, 0.4) is 0 Å². The van der Waals surface area contributed by atoms with Crippen molar-refractivity contribution >= 4 is 29.7 Å². The fourth-order valence-electron chi connectivity index (χ4n) is 5.05. The molecule has 5 rings (SSSR count). The monoisotopic (exact) mass is 656 g/mol. The first kappa shape index (κ1) is 33.6. The van der Waals surface area contributed by atoms with Crippen LogP contribution in [0.4, 0.5) is 25.9 Å². The molecule has 14 nitrogen and oxygen atoms in total. The molecule has 252 valence electrons. The van der Waals surface area contributed by atoms with Gasteiger partial charge in [0.25, 0.3) is 0 Å². The molecule has 3 heterocycles. The summed E-state index contributed by atoms with van der Waals surface area (Å²) >= 11 is 0. The van der Waals surface area contributed by atoms with Crippen molar-refractivity contribution in [2.45, 2.75) is 45.4 Å². The summed E-state index contributed by atoms with van der Waals surface area (Å²) in [7, 11) is 0. The van der Waals surface area contributed by atoms with Gasteiger partial charge in [0.1, 0.15) is 23.1 Å². The molecule has 1 aliphatic heterocycles. The molecule has 0 bridgehead atoms. The zero-order chi connectivity index (χ0) is 34.1. The van der Waals surface area contributed by atoms with E-state index in [4.69, 9.17) is 20.3 Å². The number of hydroxylamine groups is 1. The van der Waals surface area contributed by atoms with Crippen LogP contribution in [0.25, 0.3) is 5.69 Å². The molecule has 14 heteroatoms. The first-order valence-corrected chi connectivity index (χ1v) is 15.6. The van der Waals surface area contributed by atoms with Gasteiger partial charge < -0.3 is 30.3 Å². The summed E-state index contributed by atoms with van der Waals surface area (Å²) in [5, 5.41) is 10.6. The SMILES string of the molecule is CC(C)(C)c1cc(NC(=O)Nc2ccc(Oc3cccnc3)cc2)n(-c2ccc(OCCC3CCN(C(=O)ONC(N)=O)CC3)cc2)n1. The fraction of sp³-hybridized carbons (Fsp3) is 0.324. The summed E-state index contributed by atoms with van der Waals surface area (Å²) in [6, 6.07) is 18.7. The maximum atomic E-state index is 13.0. The number of carbonyl (C=O) groups excluding carboxylic acids is 3. The van der Waals surface area contributed by atoms with Crippen molar-refractivity contribution in [3.05, 3.63) is 84.8 Å². The molecule has 1 fully saturated rings. The summed E-state index contributed by atoms with van der Waals surface area (Å²) in [6.07, 6.45) is 5.13. The van der Waals surface area contributed by atoms with E-state index in [-0.39, 0.29) is 5.41 Å². The highest BCUT2D eigenvalue weighted by atomic mass is 16.7. The number of benzene rings is 2. The Bertz CT molecular complexity index is 1680. The molecular formula is C34H40N8O6. The second-order valence-corrected chi connectivity index (χ2v) is 12.4. The van der Waals surface area contributed by atoms with Crippen LogP contribution in [0.15, 0.2) is 79.1 Å². The molecule has 0 radical (unpaired) electrons. The summed E-state index contributed by atoms with van der Waals surface area (Å²) in [6.45, 7) is 7.77. The number of nitrogens with two attached hydrogens (primary N) is 1. The Morgan fingerprint density at radius 1 is 0.938 bits per heavy atom. The molecule has 5 N–H and O–H groups in total. The number of hydrogen-bond acceptors (Lipinski definition) is 8. The molecule has 0 aliphatic carbocycles. The van der Waals surface area contributed by atoms with Crippen LogP contribution in [-0.2, 0) is 10.3 Å². The molecule has 1 aliphatic rings. The van der Waals surface area contributed by atoms with E-state index in [1.54, 1.807) is 47.4 Å². The molecule has 0 unspecified atom stereocenters. The van der Waals surface area contributed by atoms with E-state index >= 15 is 0 Å². The Morgan fingerprint density at radius 2 is 1.65 bits per heavy atom. The lowest BCUT2D eigenvalue weighted by Crippen LogP contribution is -2.43. The molecule has 1 saturated heterocycles. The van der Waals surface area contributed by atoms with Crippen molar-refractivity contribution in [1.82, 2.24) is 25.1 Å². The van der Waals surface area contributed by atoms with Gasteiger partial charge in [-0.15, -0.1) is 0 Å². The minimum absolute atomic E-state index is 0.248. The number of nitrogens with one attached hydrogen (secondary N) is 3. The molecule has 0 spiro atoms. The van der Waals surface area contributed by atoms with Gasteiger partial charge in [-0.1, -0.05) is 20.8 Å². The fourth-order valence-corrected chi connectivity index (χ4v) is 5.05. The number of ether oxygens (including phenoxy) is 2. The number of urea groups is 2. The van der Waals surface area contributed by atoms with Gasteiger partial charge >= 0.3 is 18.2 Å². The number of rotatable bonds is 9. The van der Waals surface area contributed by atoms with Gasteiger partial charge in [-0.25, -0.2) is 19.1 Å². The number of pyridine rings is 1. The van der Waals surface area contributed by atoms with E-state index < -0.39 is 18.2 Å². The van der Waals surface area contributed by atoms with E-state index in [9.17, 15) is 14.4 Å². The minimum Gasteiger partial charge on any atom is -0.494 e. The van der Waals surface area contributed by atoms with Gasteiger partial charge in [0.05, 0.1) is 24.2 Å². The maximum absolute atomic E-state index is 13.0. The highest BCUT2D eigenvalue weighted by molar-refractivity contribution is 5.99. The number of piperidine rings is 1. The summed E-state index contributed by atoms with van der Waals surface area (Å²) < 4.78 is 13.5. The third-order valence-corrected chi connectivity index (χ3v) is 7.69. The standard InChI is InChI=1S/C34H40N8O6/c1-34(2,3)29-21-30(38-32(44)37-24-6-10-27(11-7-24)47-28-5-4-17-36-22-28)42(39-29)25-8-12-26(13-9-25)46-20-16-23-14-18-41(19-15-23)33(45)48-40-31(35)43/h4-13,17,21-23H,14-16,18-20H2,1-3H3,(H3,35,40,43)(H2,37,38,44). The van der Waals surface area contributed by atoms with Crippen LogP contribution in [0.2, 0.25) is 0 Å². The third-order valence-electron chi connectivity index (χ3n) is 7.69. The van der Waals surface area contributed by atoms with Crippen molar-refractivity contribution in [3.63, 3.8) is 0 Å². The lowest BCUT2D eigenvalue weighted by molar-refractivity contribution is 0.0566. The Kier molecular flexibility index (Phi) is 10.6. The quantitative estimate of drug-likeness (QED) is 0.154. The van der Waals surface area contributed by atoms with Gasteiger partial charge in [-0.05, 0) is 85.8 Å². The topological polar surface area (TPSA) is 175 Å². The highest BCUT2D eigenvalue weighted by Gasteiger charge is 2.25. The highest BCUT2D eigenvalue weighted by Crippen LogP contribution is 2.28. The number of aromatic nitrogens is 3. The molecule has 2 aromatic carbocycles. The Hall–Kier alpha value is -5.79. The second-order valence-electron chi connectivity index (χ2n) is 12.4. The number of hydrogen-bond donors (Lipinski definition) is 4. The van der Waals surface area contributed by atoms with Gasteiger partial charge in [0.2, 0.25) is 0 Å². The van der Waals surface area contributed by atoms with Gasteiger partial charge in [-0.3, -0.25) is 10.3 Å². The van der Waals surface area contributed by atoms with Gasteiger partial charge in [-0.2, -0.15) is 10.6 Å². The molecular weight excluding hydrogens is 616 g/mol. The van der Waals surface area contributed by atoms with Crippen LogP contribution < -0.4 is 31.3 Å². The van der Waals surface area contributed by atoms with Crippen LogP contribution in [-0.4, -0.2) is 57.5 Å². The number of anilines is 2. The Morgan fingerprint density at radius 3 is 2.29 bits per heavy atom. The Labute approximate surface area is 278 Å². The van der Waals surface area contributed by atoms with Crippen LogP contribution in [0.1, 0.15) is 45.7 Å². The first-order chi connectivity index (χ1) is 23.0. The van der Waals surface area contributed by atoms with E-state index in [0.717, 1.165) is 30.6 Å². The van der Waals surface area contributed by atoms with Crippen LogP contribution in [0.5, 0.6) is 17.2 Å². The maximum Gasteiger partial charge on any atom is 0.434 e. The van der Waals surface area contributed by atoms with Crippen molar-refractivity contribution in [2.75, 3.05) is 30.3 Å². The summed E-state index contributed by atoms with van der Waals surface area (Å²) in [4.78, 5) is 46.0. The molecule has 0 saturated carbocycles. The number of likely N-dealkylation sites (tertiary alicyclic amines) is 1. The van der Waals surface area contributed by atoms with Gasteiger partial charge in [0, 0.05) is 36.5 Å². The lowest BCUT2D eigenvalue weighted by Gasteiger charge is -2.30. The number of amides is 5. The van der Waals surface area contributed by atoms with Crippen LogP contribution >= 0.6 is 0 Å². The Balaban J connectivity index is 1.14. The second kappa shape index (κ2) is 15.2.